The molecule has 3 rings (SSSR count). The predicted octanol–water partition coefficient (Wildman–Crippen LogP) is 5.13. The SMILES string of the molecule is Cc1ccc(CNC(=O)c2ccc(Oc3ccc(C(F)(F)F)cn3)cc2)cc1. The molecule has 0 atom stereocenters. The maximum Gasteiger partial charge on any atom is 0.417 e. The van der Waals surface area contributed by atoms with E-state index < -0.39 is 11.7 Å². The van der Waals surface area contributed by atoms with Gasteiger partial charge in [-0.2, -0.15) is 13.2 Å². The third kappa shape index (κ3) is 5.09. The Morgan fingerprint density at radius 1 is 1.00 bits per heavy atom. The van der Waals surface area contributed by atoms with Crippen molar-refractivity contribution in [2.24, 2.45) is 0 Å². The lowest BCUT2D eigenvalue weighted by atomic mass is 10.1. The Labute approximate surface area is 160 Å². The number of rotatable bonds is 5. The average Bonchev–Trinajstić information content (AvgIpc) is 2.67. The third-order valence-corrected chi connectivity index (χ3v) is 3.98. The van der Waals surface area contributed by atoms with Crippen LogP contribution in [0.2, 0.25) is 0 Å². The zero-order valence-corrected chi connectivity index (χ0v) is 15.0. The van der Waals surface area contributed by atoms with Crippen molar-refractivity contribution in [3.8, 4) is 11.6 Å². The second kappa shape index (κ2) is 8.12. The van der Waals surface area contributed by atoms with Gasteiger partial charge in [0.2, 0.25) is 5.88 Å². The molecule has 3 aromatic rings. The highest BCUT2D eigenvalue weighted by atomic mass is 19.4. The smallest absolute Gasteiger partial charge is 0.417 e. The Balaban J connectivity index is 1.58. The molecule has 1 amide bonds. The minimum absolute atomic E-state index is 0.0320. The molecule has 144 valence electrons. The van der Waals surface area contributed by atoms with Crippen molar-refractivity contribution in [2.45, 2.75) is 19.6 Å². The van der Waals surface area contributed by atoms with Crippen LogP contribution in [0.5, 0.6) is 11.6 Å². The number of pyridine rings is 1. The molecule has 0 saturated carbocycles. The van der Waals surface area contributed by atoms with Crippen molar-refractivity contribution in [1.29, 1.82) is 0 Å². The molecule has 0 aliphatic rings. The lowest BCUT2D eigenvalue weighted by molar-refractivity contribution is -0.137. The number of aryl methyl sites for hydroxylation is 1. The number of alkyl halides is 3. The molecular formula is C21H17F3N2O2. The molecule has 1 aromatic heterocycles. The molecule has 7 heteroatoms. The van der Waals surface area contributed by atoms with E-state index in [-0.39, 0.29) is 11.8 Å². The van der Waals surface area contributed by atoms with Crippen LogP contribution >= 0.6 is 0 Å². The molecule has 28 heavy (non-hydrogen) atoms. The highest BCUT2D eigenvalue weighted by Gasteiger charge is 2.30. The van der Waals surface area contributed by atoms with Crippen LogP contribution in [0.3, 0.4) is 0 Å². The first-order valence-electron chi connectivity index (χ1n) is 8.46. The summed E-state index contributed by atoms with van der Waals surface area (Å²) >= 11 is 0. The van der Waals surface area contributed by atoms with Gasteiger partial charge >= 0.3 is 6.18 Å². The number of nitrogens with zero attached hydrogens (tertiary/aromatic N) is 1. The number of carbonyl (C=O) groups excluding carboxylic acids is 1. The molecule has 4 nitrogen and oxygen atoms in total. The van der Waals surface area contributed by atoms with Crippen molar-refractivity contribution < 1.29 is 22.7 Å². The maximum atomic E-state index is 12.5. The number of aromatic nitrogens is 1. The Hall–Kier alpha value is -3.35. The van der Waals surface area contributed by atoms with Gasteiger partial charge in [-0.15, -0.1) is 0 Å². The number of carbonyl (C=O) groups is 1. The summed E-state index contributed by atoms with van der Waals surface area (Å²) in [5.74, 6) is 0.159. The summed E-state index contributed by atoms with van der Waals surface area (Å²) in [5.41, 5.74) is 1.74. The first-order valence-corrected chi connectivity index (χ1v) is 8.46. The number of benzene rings is 2. The van der Waals surface area contributed by atoms with Crippen molar-refractivity contribution in [3.05, 3.63) is 89.1 Å². The molecule has 0 radical (unpaired) electrons. The number of hydrogen-bond acceptors (Lipinski definition) is 3. The summed E-state index contributed by atoms with van der Waals surface area (Å²) in [6.45, 7) is 2.40. The monoisotopic (exact) mass is 386 g/mol. The zero-order chi connectivity index (χ0) is 20.1. The van der Waals surface area contributed by atoms with Gasteiger partial charge in [0.05, 0.1) is 5.56 Å². The Morgan fingerprint density at radius 2 is 1.68 bits per heavy atom. The molecule has 0 bridgehead atoms. The number of amides is 1. The molecule has 0 unspecified atom stereocenters. The second-order valence-corrected chi connectivity index (χ2v) is 6.18. The van der Waals surface area contributed by atoms with Crippen molar-refractivity contribution in [2.75, 3.05) is 0 Å². The molecule has 2 aromatic carbocycles. The van der Waals surface area contributed by atoms with Crippen LogP contribution in [0.1, 0.15) is 27.0 Å². The molecule has 0 saturated heterocycles. The first kappa shape index (κ1) is 19.4. The van der Waals surface area contributed by atoms with E-state index in [1.54, 1.807) is 24.3 Å². The van der Waals surface area contributed by atoms with E-state index in [1.165, 1.54) is 0 Å². The van der Waals surface area contributed by atoms with Crippen LogP contribution in [-0.2, 0) is 12.7 Å². The van der Waals surface area contributed by atoms with Gasteiger partial charge in [0, 0.05) is 24.4 Å². The van der Waals surface area contributed by atoms with Crippen molar-refractivity contribution >= 4 is 5.91 Å². The summed E-state index contributed by atoms with van der Waals surface area (Å²) in [4.78, 5) is 15.9. The van der Waals surface area contributed by atoms with Gasteiger partial charge < -0.3 is 10.1 Å². The predicted molar refractivity (Wildman–Crippen MR) is 98.1 cm³/mol. The van der Waals surface area contributed by atoms with Crippen molar-refractivity contribution in [3.63, 3.8) is 0 Å². The minimum atomic E-state index is -4.45. The number of halogens is 3. The van der Waals surface area contributed by atoms with E-state index in [0.29, 0.717) is 24.1 Å². The van der Waals surface area contributed by atoms with Crippen LogP contribution in [0, 0.1) is 6.92 Å². The fourth-order valence-electron chi connectivity index (χ4n) is 2.39. The molecule has 0 aliphatic heterocycles. The highest BCUT2D eigenvalue weighted by molar-refractivity contribution is 5.94. The van der Waals surface area contributed by atoms with Crippen molar-refractivity contribution in [1.82, 2.24) is 10.3 Å². The summed E-state index contributed by atoms with van der Waals surface area (Å²) < 4.78 is 43.0. The summed E-state index contributed by atoms with van der Waals surface area (Å²) in [5, 5.41) is 2.83. The minimum Gasteiger partial charge on any atom is -0.439 e. The topological polar surface area (TPSA) is 51.2 Å². The van der Waals surface area contributed by atoms with Gasteiger partial charge in [-0.1, -0.05) is 29.8 Å². The Morgan fingerprint density at radius 3 is 2.25 bits per heavy atom. The lowest BCUT2D eigenvalue weighted by Crippen LogP contribution is -2.22. The Bertz CT molecular complexity index is 935. The largest absolute Gasteiger partial charge is 0.439 e. The molecule has 0 spiro atoms. The molecule has 1 N–H and O–H groups in total. The van der Waals surface area contributed by atoms with Gasteiger partial charge in [-0.3, -0.25) is 4.79 Å². The number of ether oxygens (including phenoxy) is 1. The zero-order valence-electron chi connectivity index (χ0n) is 15.0. The fraction of sp³-hybridized carbons (Fsp3) is 0.143. The maximum absolute atomic E-state index is 12.5. The van der Waals surface area contributed by atoms with Gasteiger partial charge in [-0.25, -0.2) is 4.98 Å². The summed E-state index contributed by atoms with van der Waals surface area (Å²) in [6, 6.07) is 16.1. The highest BCUT2D eigenvalue weighted by Crippen LogP contribution is 2.30. The van der Waals surface area contributed by atoms with Gasteiger partial charge in [0.25, 0.3) is 5.91 Å². The number of hydrogen-bond donors (Lipinski definition) is 1. The fourth-order valence-corrected chi connectivity index (χ4v) is 2.39. The first-order chi connectivity index (χ1) is 13.3. The van der Waals surface area contributed by atoms with E-state index in [9.17, 15) is 18.0 Å². The van der Waals surface area contributed by atoms with Gasteiger partial charge in [0.1, 0.15) is 5.75 Å². The molecule has 0 aliphatic carbocycles. The standard InChI is InChI=1S/C21H17F3N2O2/c1-14-2-4-15(5-3-14)12-26-20(27)16-6-9-18(10-7-16)28-19-11-8-17(13-25-19)21(22,23)24/h2-11,13H,12H2,1H3,(H,26,27). The van der Waals surface area contributed by atoms with Crippen LogP contribution in [0.4, 0.5) is 13.2 Å². The van der Waals surface area contributed by atoms with Crippen LogP contribution in [0.25, 0.3) is 0 Å². The molecular weight excluding hydrogens is 369 g/mol. The van der Waals surface area contributed by atoms with Crippen LogP contribution < -0.4 is 10.1 Å². The Kier molecular flexibility index (Phi) is 5.63. The summed E-state index contributed by atoms with van der Waals surface area (Å²) in [6.07, 6.45) is -3.73. The van der Waals surface area contributed by atoms with E-state index in [1.807, 2.05) is 31.2 Å². The van der Waals surface area contributed by atoms with Crippen LogP contribution in [-0.4, -0.2) is 10.9 Å². The third-order valence-electron chi connectivity index (χ3n) is 3.98. The quantitative estimate of drug-likeness (QED) is 0.661. The van der Waals surface area contributed by atoms with Crippen LogP contribution in [0.15, 0.2) is 66.9 Å². The second-order valence-electron chi connectivity index (χ2n) is 6.18. The van der Waals surface area contributed by atoms with E-state index >= 15 is 0 Å². The molecule has 0 fully saturated rings. The normalized spacial score (nSPS) is 11.1. The van der Waals surface area contributed by atoms with E-state index in [2.05, 4.69) is 10.3 Å². The van der Waals surface area contributed by atoms with Gasteiger partial charge in [0.15, 0.2) is 0 Å². The van der Waals surface area contributed by atoms with E-state index in [0.717, 1.165) is 23.3 Å². The summed E-state index contributed by atoms with van der Waals surface area (Å²) in [7, 11) is 0. The lowest BCUT2D eigenvalue weighted by Gasteiger charge is -2.09. The molecule has 1 heterocycles. The van der Waals surface area contributed by atoms with Gasteiger partial charge in [-0.05, 0) is 42.8 Å². The average molecular weight is 386 g/mol. The number of nitrogens with one attached hydrogen (secondary N) is 1. The van der Waals surface area contributed by atoms with E-state index in [4.69, 9.17) is 4.74 Å².